The molecule has 1 aromatic heterocycles. The van der Waals surface area contributed by atoms with Crippen molar-refractivity contribution in [3.8, 4) is 6.07 Å². The van der Waals surface area contributed by atoms with Crippen molar-refractivity contribution in [3.05, 3.63) is 17.3 Å². The van der Waals surface area contributed by atoms with E-state index in [0.717, 1.165) is 6.07 Å². The van der Waals surface area contributed by atoms with Crippen LogP contribution in [0, 0.1) is 11.3 Å². The SMILES string of the molecule is N#CCc1cc(C(F)F)c(N)c(N)n1. The van der Waals surface area contributed by atoms with Gasteiger partial charge in [0, 0.05) is 5.56 Å². The second-order valence-electron chi connectivity index (χ2n) is 2.64. The predicted octanol–water partition coefficient (Wildman–Crippen LogP) is 1.25. The molecular weight excluding hydrogens is 190 g/mol. The van der Waals surface area contributed by atoms with Crippen LogP contribution in [0.15, 0.2) is 6.07 Å². The standard InChI is InChI=1S/C8H8F2N4/c9-7(10)5-3-4(1-2-11)14-8(13)6(5)12/h3,7H,1,12H2,(H2,13,14). The number of alkyl halides is 2. The molecule has 0 aliphatic carbocycles. The van der Waals surface area contributed by atoms with Crippen LogP contribution in [-0.2, 0) is 6.42 Å². The Labute approximate surface area is 79.1 Å². The molecule has 0 aliphatic rings. The van der Waals surface area contributed by atoms with Crippen molar-refractivity contribution in [2.24, 2.45) is 0 Å². The highest BCUT2D eigenvalue weighted by Crippen LogP contribution is 2.28. The Morgan fingerprint density at radius 2 is 2.14 bits per heavy atom. The lowest BCUT2D eigenvalue weighted by atomic mass is 10.1. The fraction of sp³-hybridized carbons (Fsp3) is 0.250. The molecule has 14 heavy (non-hydrogen) atoms. The van der Waals surface area contributed by atoms with Crippen molar-refractivity contribution in [1.29, 1.82) is 5.26 Å². The van der Waals surface area contributed by atoms with Crippen molar-refractivity contribution in [1.82, 2.24) is 4.98 Å². The Morgan fingerprint density at radius 3 is 2.64 bits per heavy atom. The molecule has 0 saturated heterocycles. The minimum absolute atomic E-state index is 0.0653. The zero-order valence-corrected chi connectivity index (χ0v) is 7.17. The number of pyridine rings is 1. The molecule has 4 nitrogen and oxygen atoms in total. The first-order valence-corrected chi connectivity index (χ1v) is 3.76. The minimum Gasteiger partial charge on any atom is -0.395 e. The van der Waals surface area contributed by atoms with Crippen LogP contribution < -0.4 is 11.5 Å². The highest BCUT2D eigenvalue weighted by molar-refractivity contribution is 5.64. The van der Waals surface area contributed by atoms with Gasteiger partial charge < -0.3 is 11.5 Å². The van der Waals surface area contributed by atoms with Crippen LogP contribution in [0.5, 0.6) is 0 Å². The smallest absolute Gasteiger partial charge is 0.266 e. The lowest BCUT2D eigenvalue weighted by Gasteiger charge is -2.08. The Hall–Kier alpha value is -1.90. The number of nitrogen functional groups attached to an aromatic ring is 2. The van der Waals surface area contributed by atoms with E-state index < -0.39 is 6.43 Å². The fourth-order valence-corrected chi connectivity index (χ4v) is 1.00. The van der Waals surface area contributed by atoms with Gasteiger partial charge >= 0.3 is 0 Å². The van der Waals surface area contributed by atoms with Crippen molar-refractivity contribution < 1.29 is 8.78 Å². The average Bonchev–Trinajstić information content (AvgIpc) is 2.11. The topological polar surface area (TPSA) is 88.7 Å². The molecule has 0 unspecified atom stereocenters. The number of nitriles is 1. The van der Waals surface area contributed by atoms with Gasteiger partial charge in [-0.25, -0.2) is 13.8 Å². The van der Waals surface area contributed by atoms with Gasteiger partial charge in [-0.05, 0) is 6.07 Å². The summed E-state index contributed by atoms with van der Waals surface area (Å²) in [4.78, 5) is 3.70. The molecule has 1 heterocycles. The maximum Gasteiger partial charge on any atom is 0.266 e. The Kier molecular flexibility index (Phi) is 2.82. The van der Waals surface area contributed by atoms with E-state index >= 15 is 0 Å². The van der Waals surface area contributed by atoms with Gasteiger partial charge in [0.25, 0.3) is 6.43 Å². The molecule has 74 valence electrons. The monoisotopic (exact) mass is 198 g/mol. The van der Waals surface area contributed by atoms with Crippen LogP contribution in [0.4, 0.5) is 20.3 Å². The number of hydrogen-bond acceptors (Lipinski definition) is 4. The van der Waals surface area contributed by atoms with Crippen LogP contribution in [0.1, 0.15) is 17.7 Å². The number of nitrogens with two attached hydrogens (primary N) is 2. The van der Waals surface area contributed by atoms with E-state index in [0.29, 0.717) is 0 Å². The zero-order valence-electron chi connectivity index (χ0n) is 7.17. The van der Waals surface area contributed by atoms with Crippen molar-refractivity contribution in [3.63, 3.8) is 0 Å². The average molecular weight is 198 g/mol. The summed E-state index contributed by atoms with van der Waals surface area (Å²) in [5, 5.41) is 8.36. The van der Waals surface area contributed by atoms with Gasteiger partial charge in [0.1, 0.15) is 5.82 Å². The number of hydrogen-bond donors (Lipinski definition) is 2. The normalized spacial score (nSPS) is 10.1. The molecule has 0 saturated carbocycles. The summed E-state index contributed by atoms with van der Waals surface area (Å²) in [6, 6.07) is 2.89. The first-order valence-electron chi connectivity index (χ1n) is 3.76. The summed E-state index contributed by atoms with van der Waals surface area (Å²) in [6.45, 7) is 0. The van der Waals surface area contributed by atoms with Gasteiger partial charge in [-0.3, -0.25) is 0 Å². The van der Waals surface area contributed by atoms with Crippen LogP contribution in [0.2, 0.25) is 0 Å². The van der Waals surface area contributed by atoms with Gasteiger partial charge in [0.15, 0.2) is 0 Å². The molecule has 0 fully saturated rings. The van der Waals surface area contributed by atoms with E-state index in [1.165, 1.54) is 0 Å². The number of anilines is 2. The second kappa shape index (κ2) is 3.87. The van der Waals surface area contributed by atoms with Crippen molar-refractivity contribution in [2.75, 3.05) is 11.5 Å². The third-order valence-electron chi connectivity index (χ3n) is 1.67. The zero-order chi connectivity index (χ0) is 10.7. The molecular formula is C8H8F2N4. The molecule has 0 atom stereocenters. The largest absolute Gasteiger partial charge is 0.395 e. The maximum absolute atomic E-state index is 12.4. The Balaban J connectivity index is 3.22. The lowest BCUT2D eigenvalue weighted by Crippen LogP contribution is -2.05. The van der Waals surface area contributed by atoms with Gasteiger partial charge in [-0.2, -0.15) is 5.26 Å². The van der Waals surface area contributed by atoms with Crippen LogP contribution in [0.25, 0.3) is 0 Å². The number of aromatic nitrogens is 1. The van der Waals surface area contributed by atoms with E-state index in [-0.39, 0.29) is 29.2 Å². The molecule has 1 aromatic rings. The highest BCUT2D eigenvalue weighted by Gasteiger charge is 2.15. The number of nitrogens with zero attached hydrogens (tertiary/aromatic N) is 2. The Morgan fingerprint density at radius 1 is 1.50 bits per heavy atom. The van der Waals surface area contributed by atoms with Crippen LogP contribution >= 0.6 is 0 Å². The van der Waals surface area contributed by atoms with E-state index in [4.69, 9.17) is 16.7 Å². The summed E-state index contributed by atoms with van der Waals surface area (Å²) in [5.41, 5.74) is 10.2. The minimum atomic E-state index is -2.71. The third-order valence-corrected chi connectivity index (χ3v) is 1.67. The molecule has 0 aromatic carbocycles. The van der Waals surface area contributed by atoms with Crippen LogP contribution in [0.3, 0.4) is 0 Å². The van der Waals surface area contributed by atoms with E-state index in [1.807, 2.05) is 0 Å². The second-order valence-corrected chi connectivity index (χ2v) is 2.64. The molecule has 4 N–H and O–H groups in total. The van der Waals surface area contributed by atoms with E-state index in [1.54, 1.807) is 6.07 Å². The van der Waals surface area contributed by atoms with Gasteiger partial charge in [-0.15, -0.1) is 0 Å². The molecule has 0 spiro atoms. The van der Waals surface area contributed by atoms with Crippen molar-refractivity contribution in [2.45, 2.75) is 12.8 Å². The summed E-state index contributed by atoms with van der Waals surface area (Å²) >= 11 is 0. The summed E-state index contributed by atoms with van der Waals surface area (Å²) < 4.78 is 24.8. The molecule has 0 amide bonds. The Bertz CT molecular complexity index is 384. The molecule has 1 rings (SSSR count). The summed E-state index contributed by atoms with van der Waals surface area (Å²) in [5.74, 6) is -0.159. The van der Waals surface area contributed by atoms with Crippen LogP contribution in [-0.4, -0.2) is 4.98 Å². The fourth-order valence-electron chi connectivity index (χ4n) is 1.00. The van der Waals surface area contributed by atoms with Gasteiger partial charge in [-0.1, -0.05) is 0 Å². The lowest BCUT2D eigenvalue weighted by molar-refractivity contribution is 0.152. The molecule has 6 heteroatoms. The predicted molar refractivity (Wildman–Crippen MR) is 47.3 cm³/mol. The molecule has 0 bridgehead atoms. The summed E-state index contributed by atoms with van der Waals surface area (Å²) in [7, 11) is 0. The van der Waals surface area contributed by atoms with E-state index in [9.17, 15) is 8.78 Å². The highest BCUT2D eigenvalue weighted by atomic mass is 19.3. The quantitative estimate of drug-likeness (QED) is 0.748. The molecule has 0 radical (unpaired) electrons. The van der Waals surface area contributed by atoms with Crippen molar-refractivity contribution >= 4 is 11.5 Å². The third kappa shape index (κ3) is 1.88. The van der Waals surface area contributed by atoms with Gasteiger partial charge in [0.05, 0.1) is 23.9 Å². The summed E-state index contributed by atoms with van der Waals surface area (Å²) in [6.07, 6.45) is -2.78. The maximum atomic E-state index is 12.4. The molecule has 0 aliphatic heterocycles. The first-order chi connectivity index (χ1) is 6.56. The van der Waals surface area contributed by atoms with E-state index in [2.05, 4.69) is 4.98 Å². The number of halogens is 2. The van der Waals surface area contributed by atoms with Gasteiger partial charge in [0.2, 0.25) is 0 Å². The first kappa shape index (κ1) is 10.2. The number of rotatable bonds is 2.